The van der Waals surface area contributed by atoms with Crippen molar-refractivity contribution in [1.29, 1.82) is 0 Å². The molecule has 0 aliphatic carbocycles. The number of aliphatic imine (C=N–C) groups is 1. The number of piperazine rings is 1. The predicted molar refractivity (Wildman–Crippen MR) is 183 cm³/mol. The molecule has 0 spiro atoms. The van der Waals surface area contributed by atoms with Gasteiger partial charge < -0.3 is 20.2 Å². The highest BCUT2D eigenvalue weighted by Crippen LogP contribution is 2.34. The number of rotatable bonds is 6. The van der Waals surface area contributed by atoms with Crippen LogP contribution in [0.3, 0.4) is 0 Å². The summed E-state index contributed by atoms with van der Waals surface area (Å²) in [7, 11) is 0. The minimum Gasteiger partial charge on any atom is -0.465 e. The number of benzene rings is 4. The summed E-state index contributed by atoms with van der Waals surface area (Å²) < 4.78 is 14.9. The van der Waals surface area contributed by atoms with E-state index in [-0.39, 0.29) is 30.9 Å². The van der Waals surface area contributed by atoms with Gasteiger partial charge in [0, 0.05) is 64.4 Å². The number of carbonyl (C=O) groups is 2. The summed E-state index contributed by atoms with van der Waals surface area (Å²) >= 11 is 6.39. The van der Waals surface area contributed by atoms with Gasteiger partial charge in [0.2, 0.25) is 5.95 Å². The van der Waals surface area contributed by atoms with Crippen molar-refractivity contribution in [2.75, 3.05) is 25.0 Å². The van der Waals surface area contributed by atoms with E-state index in [1.54, 1.807) is 65.7 Å². The van der Waals surface area contributed by atoms with E-state index in [4.69, 9.17) is 21.6 Å². The van der Waals surface area contributed by atoms with Crippen molar-refractivity contribution in [3.63, 3.8) is 0 Å². The quantitative estimate of drug-likeness (QED) is 0.201. The molecule has 0 bridgehead atoms. The van der Waals surface area contributed by atoms with Crippen LogP contribution in [0.5, 0.6) is 0 Å². The first kappa shape index (κ1) is 31.0. The zero-order valence-electron chi connectivity index (χ0n) is 25.7. The lowest BCUT2D eigenvalue weighted by Crippen LogP contribution is -2.57. The maximum atomic E-state index is 14.9. The van der Waals surface area contributed by atoms with Crippen molar-refractivity contribution in [3.8, 4) is 11.3 Å². The zero-order valence-corrected chi connectivity index (χ0v) is 26.4. The van der Waals surface area contributed by atoms with Crippen LogP contribution in [0.25, 0.3) is 11.3 Å². The van der Waals surface area contributed by atoms with Gasteiger partial charge >= 0.3 is 6.09 Å². The number of carboxylic acid groups (broad SMARTS) is 1. The van der Waals surface area contributed by atoms with Gasteiger partial charge in [0.15, 0.2) is 0 Å². The van der Waals surface area contributed by atoms with Crippen molar-refractivity contribution < 1.29 is 19.1 Å². The molecule has 1 atom stereocenters. The number of carbonyl (C=O) groups excluding carboxylic acids is 1. The largest absolute Gasteiger partial charge is 0.465 e. The van der Waals surface area contributed by atoms with Gasteiger partial charge in [0.1, 0.15) is 5.82 Å². The molecule has 0 saturated carbocycles. The van der Waals surface area contributed by atoms with E-state index in [1.807, 2.05) is 36.4 Å². The first-order valence-corrected chi connectivity index (χ1v) is 15.9. The molecule has 2 N–H and O–H groups in total. The molecule has 9 nitrogen and oxygen atoms in total. The molecule has 4 aromatic carbocycles. The Hall–Kier alpha value is -5.61. The molecule has 2 aliphatic heterocycles. The first-order chi connectivity index (χ1) is 23.3. The Morgan fingerprint density at radius 3 is 2.46 bits per heavy atom. The lowest BCUT2D eigenvalue weighted by atomic mass is 9.95. The molecule has 1 unspecified atom stereocenters. The summed E-state index contributed by atoms with van der Waals surface area (Å²) in [6.07, 6.45) is 1.25. The second-order valence-electron chi connectivity index (χ2n) is 11.7. The summed E-state index contributed by atoms with van der Waals surface area (Å²) in [5, 5.41) is 13.5. The van der Waals surface area contributed by atoms with Crippen molar-refractivity contribution in [2.24, 2.45) is 4.99 Å². The van der Waals surface area contributed by atoms with E-state index >= 15 is 0 Å². The summed E-state index contributed by atoms with van der Waals surface area (Å²) in [5.74, 6) is -0.193. The second kappa shape index (κ2) is 13.2. The minimum absolute atomic E-state index is 0.160. The highest BCUT2D eigenvalue weighted by atomic mass is 35.5. The molecule has 5 aromatic rings. The summed E-state index contributed by atoms with van der Waals surface area (Å²) in [4.78, 5) is 42.6. The first-order valence-electron chi connectivity index (χ1n) is 15.5. The maximum absolute atomic E-state index is 14.9. The number of aromatic nitrogens is 2. The van der Waals surface area contributed by atoms with Gasteiger partial charge in [-0.3, -0.25) is 9.79 Å². The molecule has 7 rings (SSSR count). The van der Waals surface area contributed by atoms with Crippen molar-refractivity contribution >= 4 is 40.9 Å². The summed E-state index contributed by atoms with van der Waals surface area (Å²) in [6.45, 7) is 1.12. The normalized spacial score (nSPS) is 15.5. The third-order valence-corrected chi connectivity index (χ3v) is 8.85. The lowest BCUT2D eigenvalue weighted by molar-refractivity contribution is 0.0476. The molecule has 48 heavy (non-hydrogen) atoms. The molecule has 2 aliphatic rings. The Balaban J connectivity index is 1.09. The van der Waals surface area contributed by atoms with E-state index < -0.39 is 6.09 Å². The summed E-state index contributed by atoms with van der Waals surface area (Å²) in [6, 6.07) is 28.3. The Kier molecular flexibility index (Phi) is 8.56. The third kappa shape index (κ3) is 6.34. The van der Waals surface area contributed by atoms with E-state index in [0.717, 1.165) is 16.7 Å². The van der Waals surface area contributed by atoms with E-state index in [9.17, 15) is 19.1 Å². The van der Waals surface area contributed by atoms with Gasteiger partial charge in [-0.25, -0.2) is 19.2 Å². The van der Waals surface area contributed by atoms with Crippen LogP contribution < -0.4 is 5.32 Å². The SMILES string of the molecule is O=C(c1ccc(Nc2ncc3c(n2)-c2ccc(Cl)cc2C(c2ccccc2F)=NC3)cc1)N1CCN(C(=O)O)C(Cc2ccccc2)C1. The van der Waals surface area contributed by atoms with Gasteiger partial charge in [-0.05, 0) is 60.5 Å². The number of nitrogens with zero attached hydrogens (tertiary/aromatic N) is 5. The molecule has 1 aromatic heterocycles. The topological polar surface area (TPSA) is 111 Å². The van der Waals surface area contributed by atoms with Crippen LogP contribution in [0.1, 0.15) is 32.6 Å². The smallest absolute Gasteiger partial charge is 0.407 e. The Labute approximate surface area is 281 Å². The monoisotopic (exact) mass is 660 g/mol. The number of amides is 2. The molecule has 11 heteroatoms. The van der Waals surface area contributed by atoms with E-state index in [1.165, 1.54) is 11.0 Å². The second-order valence-corrected chi connectivity index (χ2v) is 12.1. The third-order valence-electron chi connectivity index (χ3n) is 8.61. The molecule has 2 amide bonds. The fourth-order valence-electron chi connectivity index (χ4n) is 6.23. The molecule has 240 valence electrons. The Bertz CT molecular complexity index is 2040. The van der Waals surface area contributed by atoms with Crippen LogP contribution in [0.15, 0.2) is 108 Å². The number of nitrogens with one attached hydrogen (secondary N) is 1. The van der Waals surface area contributed by atoms with E-state index in [2.05, 4.69) is 10.3 Å². The molecule has 1 saturated heterocycles. The molecule has 1 fully saturated rings. The average molecular weight is 661 g/mol. The molecular formula is C37H30ClFN6O3. The number of hydrogen-bond acceptors (Lipinski definition) is 6. The number of anilines is 2. The van der Waals surface area contributed by atoms with Gasteiger partial charge in [-0.15, -0.1) is 0 Å². The van der Waals surface area contributed by atoms with E-state index in [0.29, 0.717) is 64.3 Å². The number of fused-ring (bicyclic) bond motifs is 3. The maximum Gasteiger partial charge on any atom is 0.407 e. The van der Waals surface area contributed by atoms with Gasteiger partial charge in [0.25, 0.3) is 5.91 Å². The van der Waals surface area contributed by atoms with Gasteiger partial charge in [-0.1, -0.05) is 60.1 Å². The highest BCUT2D eigenvalue weighted by Gasteiger charge is 2.33. The Morgan fingerprint density at radius 1 is 0.917 bits per heavy atom. The molecular weight excluding hydrogens is 631 g/mol. The Morgan fingerprint density at radius 2 is 1.69 bits per heavy atom. The fourth-order valence-corrected chi connectivity index (χ4v) is 6.40. The van der Waals surface area contributed by atoms with Crippen LogP contribution in [0.4, 0.5) is 20.8 Å². The minimum atomic E-state index is -0.983. The molecule has 0 radical (unpaired) electrons. The zero-order chi connectivity index (χ0) is 33.2. The fraction of sp³-hybridized carbons (Fsp3) is 0.162. The van der Waals surface area contributed by atoms with Crippen LogP contribution in [0, 0.1) is 5.82 Å². The lowest BCUT2D eigenvalue weighted by Gasteiger charge is -2.40. The van der Waals surface area contributed by atoms with Gasteiger partial charge in [-0.2, -0.15) is 0 Å². The van der Waals surface area contributed by atoms with Crippen molar-refractivity contribution in [2.45, 2.75) is 19.0 Å². The van der Waals surface area contributed by atoms with Crippen molar-refractivity contribution in [3.05, 3.63) is 142 Å². The predicted octanol–water partition coefficient (Wildman–Crippen LogP) is 7.08. The van der Waals surface area contributed by atoms with Crippen LogP contribution in [-0.2, 0) is 13.0 Å². The number of hydrogen-bond donors (Lipinski definition) is 2. The molecule has 3 heterocycles. The van der Waals surface area contributed by atoms with Crippen LogP contribution in [0.2, 0.25) is 5.02 Å². The average Bonchev–Trinajstić information content (AvgIpc) is 3.25. The number of halogens is 2. The van der Waals surface area contributed by atoms with Crippen molar-refractivity contribution in [1.82, 2.24) is 19.8 Å². The standard InChI is InChI=1S/C37H30ClFN6O3/c38-26-12-15-29-31(19-26)34(30-8-4-5-9-32(30)39)40-20-25-21-41-36(43-33(25)29)42-27-13-10-24(11-14-27)35(46)44-16-17-45(37(47)48)28(22-44)18-23-6-2-1-3-7-23/h1-15,19,21,28H,16-18,20,22H2,(H,47,48)(H,41,42,43). The van der Waals surface area contributed by atoms with Crippen LogP contribution >= 0.6 is 11.6 Å². The highest BCUT2D eigenvalue weighted by molar-refractivity contribution is 6.31. The van der Waals surface area contributed by atoms with Gasteiger partial charge in [0.05, 0.1) is 24.0 Å². The summed E-state index contributed by atoms with van der Waals surface area (Å²) in [5.41, 5.74) is 5.94. The van der Waals surface area contributed by atoms with Crippen LogP contribution in [-0.4, -0.2) is 68.3 Å².